The third-order valence-electron chi connectivity index (χ3n) is 2.83. The lowest BCUT2D eigenvalue weighted by molar-refractivity contribution is -0.157. The van der Waals surface area contributed by atoms with Crippen LogP contribution in [0.2, 0.25) is 0 Å². The average Bonchev–Trinajstić information content (AvgIpc) is 2.47. The molecule has 0 saturated heterocycles. The van der Waals surface area contributed by atoms with E-state index in [1.54, 1.807) is 32.9 Å². The second-order valence-electron chi connectivity index (χ2n) is 4.48. The first kappa shape index (κ1) is 20.7. The van der Waals surface area contributed by atoms with Crippen LogP contribution in [0.15, 0.2) is 18.2 Å². The fraction of sp³-hybridized carbons (Fsp3) is 0.400. The van der Waals surface area contributed by atoms with Crippen molar-refractivity contribution >= 4 is 35.9 Å². The average molecular weight is 345 g/mol. The molecule has 0 aromatic heterocycles. The third kappa shape index (κ3) is 5.78. The van der Waals surface area contributed by atoms with Crippen molar-refractivity contribution in [2.75, 3.05) is 18.9 Å². The van der Waals surface area contributed by atoms with Gasteiger partial charge >= 0.3 is 11.9 Å². The molecule has 23 heavy (non-hydrogen) atoms. The highest BCUT2D eigenvalue weighted by atomic mass is 35.5. The molecule has 1 aromatic rings. The summed E-state index contributed by atoms with van der Waals surface area (Å²) in [4.78, 5) is 35.9. The van der Waals surface area contributed by atoms with Gasteiger partial charge in [0.2, 0.25) is 6.04 Å². The molecule has 0 bridgehead atoms. The number of halogens is 1. The lowest BCUT2D eigenvalue weighted by atomic mass is 10.1. The van der Waals surface area contributed by atoms with Crippen molar-refractivity contribution in [2.24, 2.45) is 0 Å². The van der Waals surface area contributed by atoms with Gasteiger partial charge in [-0.3, -0.25) is 4.79 Å². The van der Waals surface area contributed by atoms with Crippen molar-refractivity contribution in [3.05, 3.63) is 29.3 Å². The Morgan fingerprint density at radius 2 is 1.65 bits per heavy atom. The minimum Gasteiger partial charge on any atom is -0.464 e. The quantitative estimate of drug-likeness (QED) is 0.456. The summed E-state index contributed by atoms with van der Waals surface area (Å²) >= 11 is 0. The molecule has 7 nitrogen and oxygen atoms in total. The van der Waals surface area contributed by atoms with E-state index in [-0.39, 0.29) is 31.2 Å². The first-order valence-electron chi connectivity index (χ1n) is 6.90. The Hall–Kier alpha value is -2.28. The number of hydrogen-bond acceptors (Lipinski definition) is 6. The van der Waals surface area contributed by atoms with E-state index in [1.807, 2.05) is 0 Å². The number of carbonyl (C=O) groups excluding carboxylic acids is 3. The number of hydrogen-bond donors (Lipinski definition) is 2. The molecule has 0 aliphatic rings. The van der Waals surface area contributed by atoms with Crippen LogP contribution in [0, 0.1) is 6.92 Å². The standard InChI is InChI=1S/C15H20N2O5.ClH/c1-4-21-14(19)12(15(20)22-5-2)17-13(18)11-8-10(16)7-6-9(11)3;/h6-8,12H,4-5,16H2,1-3H3,(H,17,18);1H. The molecule has 1 rings (SSSR count). The highest BCUT2D eigenvalue weighted by Gasteiger charge is 2.31. The van der Waals surface area contributed by atoms with Crippen molar-refractivity contribution in [1.82, 2.24) is 5.32 Å². The van der Waals surface area contributed by atoms with Crippen LogP contribution in [0.3, 0.4) is 0 Å². The number of nitrogens with one attached hydrogen (secondary N) is 1. The fourth-order valence-electron chi connectivity index (χ4n) is 1.76. The number of nitrogens with two attached hydrogens (primary N) is 1. The molecule has 0 radical (unpaired) electrons. The molecule has 8 heteroatoms. The number of benzene rings is 1. The second kappa shape index (κ2) is 9.68. The van der Waals surface area contributed by atoms with Gasteiger partial charge in [0.15, 0.2) is 0 Å². The summed E-state index contributed by atoms with van der Waals surface area (Å²) in [5, 5.41) is 2.33. The smallest absolute Gasteiger partial charge is 0.340 e. The van der Waals surface area contributed by atoms with Crippen LogP contribution in [-0.2, 0) is 19.1 Å². The van der Waals surface area contributed by atoms with E-state index in [0.717, 1.165) is 0 Å². The molecule has 0 aliphatic carbocycles. The molecule has 0 unspecified atom stereocenters. The van der Waals surface area contributed by atoms with E-state index < -0.39 is 23.9 Å². The van der Waals surface area contributed by atoms with Crippen molar-refractivity contribution in [2.45, 2.75) is 26.8 Å². The summed E-state index contributed by atoms with van der Waals surface area (Å²) in [5.74, 6) is -2.33. The number of ether oxygens (including phenoxy) is 2. The molecule has 0 saturated carbocycles. The van der Waals surface area contributed by atoms with Crippen LogP contribution in [0.25, 0.3) is 0 Å². The molecular weight excluding hydrogens is 324 g/mol. The summed E-state index contributed by atoms with van der Waals surface area (Å²) in [7, 11) is 0. The van der Waals surface area contributed by atoms with Crippen LogP contribution in [0.1, 0.15) is 29.8 Å². The monoisotopic (exact) mass is 344 g/mol. The summed E-state index contributed by atoms with van der Waals surface area (Å²) in [6.07, 6.45) is 0. The van der Waals surface area contributed by atoms with Gasteiger partial charge in [0.25, 0.3) is 5.91 Å². The molecule has 0 aliphatic heterocycles. The Labute approximate surface area is 140 Å². The molecule has 3 N–H and O–H groups in total. The molecule has 1 aromatic carbocycles. The maximum Gasteiger partial charge on any atom is 0.340 e. The van der Waals surface area contributed by atoms with E-state index in [2.05, 4.69) is 5.32 Å². The minimum absolute atomic E-state index is 0. The van der Waals surface area contributed by atoms with E-state index in [4.69, 9.17) is 15.2 Å². The number of carbonyl (C=O) groups is 3. The zero-order chi connectivity index (χ0) is 16.7. The number of anilines is 1. The number of nitrogen functional groups attached to an aromatic ring is 1. The topological polar surface area (TPSA) is 108 Å². The third-order valence-corrected chi connectivity index (χ3v) is 2.83. The zero-order valence-corrected chi connectivity index (χ0v) is 14.1. The second-order valence-corrected chi connectivity index (χ2v) is 4.48. The van der Waals surface area contributed by atoms with Gasteiger partial charge in [-0.15, -0.1) is 12.4 Å². The predicted octanol–water partition coefficient (Wildman–Crippen LogP) is 1.22. The fourth-order valence-corrected chi connectivity index (χ4v) is 1.76. The van der Waals surface area contributed by atoms with Crippen molar-refractivity contribution in [1.29, 1.82) is 0 Å². The number of amides is 1. The van der Waals surface area contributed by atoms with Gasteiger partial charge in [-0.05, 0) is 38.5 Å². The molecule has 0 atom stereocenters. The molecule has 1 amide bonds. The van der Waals surface area contributed by atoms with Crippen LogP contribution in [-0.4, -0.2) is 37.1 Å². The Bertz CT molecular complexity index is 559. The summed E-state index contributed by atoms with van der Waals surface area (Å²) in [5.41, 5.74) is 6.99. The molecule has 0 spiro atoms. The van der Waals surface area contributed by atoms with Gasteiger partial charge in [0, 0.05) is 11.3 Å². The van der Waals surface area contributed by atoms with Gasteiger partial charge in [0.1, 0.15) is 0 Å². The van der Waals surface area contributed by atoms with Gasteiger partial charge < -0.3 is 20.5 Å². The van der Waals surface area contributed by atoms with E-state index >= 15 is 0 Å². The van der Waals surface area contributed by atoms with Crippen LogP contribution in [0.5, 0.6) is 0 Å². The van der Waals surface area contributed by atoms with Gasteiger partial charge in [-0.2, -0.15) is 0 Å². The lowest BCUT2D eigenvalue weighted by Gasteiger charge is -2.16. The van der Waals surface area contributed by atoms with Crippen LogP contribution < -0.4 is 11.1 Å². The molecular formula is C15H21ClN2O5. The predicted molar refractivity (Wildman–Crippen MR) is 87.4 cm³/mol. The van der Waals surface area contributed by atoms with Gasteiger partial charge in [-0.25, -0.2) is 9.59 Å². The van der Waals surface area contributed by atoms with E-state index in [0.29, 0.717) is 11.3 Å². The van der Waals surface area contributed by atoms with Crippen molar-refractivity contribution in [3.63, 3.8) is 0 Å². The maximum atomic E-state index is 12.3. The zero-order valence-electron chi connectivity index (χ0n) is 13.3. The Morgan fingerprint density at radius 3 is 2.13 bits per heavy atom. The van der Waals surface area contributed by atoms with Crippen LogP contribution >= 0.6 is 12.4 Å². The Kier molecular flexibility index (Phi) is 8.72. The lowest BCUT2D eigenvalue weighted by Crippen LogP contribution is -2.48. The van der Waals surface area contributed by atoms with Crippen LogP contribution in [0.4, 0.5) is 5.69 Å². The molecule has 0 fully saturated rings. The Balaban J connectivity index is 0.00000484. The number of rotatable bonds is 6. The maximum absolute atomic E-state index is 12.3. The molecule has 0 heterocycles. The highest BCUT2D eigenvalue weighted by Crippen LogP contribution is 2.13. The SMILES string of the molecule is CCOC(=O)C(NC(=O)c1cc(N)ccc1C)C(=O)OCC.Cl. The minimum atomic E-state index is -1.51. The highest BCUT2D eigenvalue weighted by molar-refractivity contribution is 6.06. The molecule has 128 valence electrons. The number of aryl methyl sites for hydroxylation is 1. The van der Waals surface area contributed by atoms with E-state index in [9.17, 15) is 14.4 Å². The van der Waals surface area contributed by atoms with Crippen molar-refractivity contribution in [3.8, 4) is 0 Å². The first-order valence-corrected chi connectivity index (χ1v) is 6.90. The summed E-state index contributed by atoms with van der Waals surface area (Å²) in [6, 6.07) is 3.29. The van der Waals surface area contributed by atoms with Gasteiger partial charge in [0.05, 0.1) is 13.2 Å². The Morgan fingerprint density at radius 1 is 1.13 bits per heavy atom. The normalized spacial score (nSPS) is 9.74. The number of esters is 2. The summed E-state index contributed by atoms with van der Waals surface area (Å²) in [6.45, 7) is 5.09. The van der Waals surface area contributed by atoms with E-state index in [1.165, 1.54) is 6.07 Å². The summed E-state index contributed by atoms with van der Waals surface area (Å²) < 4.78 is 9.57. The first-order chi connectivity index (χ1) is 10.4. The van der Waals surface area contributed by atoms with Gasteiger partial charge in [-0.1, -0.05) is 6.07 Å². The largest absolute Gasteiger partial charge is 0.464 e. The van der Waals surface area contributed by atoms with Crippen molar-refractivity contribution < 1.29 is 23.9 Å².